The van der Waals surface area contributed by atoms with E-state index in [9.17, 15) is 50.4 Å². The summed E-state index contributed by atoms with van der Waals surface area (Å²) in [5.74, 6) is -0.354. The van der Waals surface area contributed by atoms with Gasteiger partial charge in [-0.25, -0.2) is 19.1 Å². The molecule has 0 aliphatic heterocycles. The normalized spacial score (nSPS) is 15.8. The van der Waals surface area contributed by atoms with Gasteiger partial charge >= 0.3 is 0 Å². The zero-order valence-electron chi connectivity index (χ0n) is 35.2. The minimum atomic E-state index is -1.90. The summed E-state index contributed by atoms with van der Waals surface area (Å²) in [7, 11) is 0. The maximum atomic E-state index is 13.1. The smallest absolute Gasteiger partial charge is 0.277 e. The van der Waals surface area contributed by atoms with Gasteiger partial charge in [-0.15, -0.1) is 0 Å². The first-order chi connectivity index (χ1) is 30.0. The molecule has 3 rings (SSSR count). The van der Waals surface area contributed by atoms with Gasteiger partial charge in [-0.2, -0.15) is 0 Å². The Labute approximate surface area is 368 Å². The van der Waals surface area contributed by atoms with Crippen molar-refractivity contribution in [2.45, 2.75) is 82.3 Å². The number of aliphatic hydroxyl groups is 10. The maximum Gasteiger partial charge on any atom is 0.277 e. The molecule has 2 aromatic heterocycles. The van der Waals surface area contributed by atoms with Crippen molar-refractivity contribution in [3.8, 4) is 0 Å². The molecule has 356 valence electrons. The van der Waals surface area contributed by atoms with Gasteiger partial charge in [-0.05, 0) is 26.0 Å². The second-order valence-corrected chi connectivity index (χ2v) is 14.7. The Kier molecular flexibility index (Phi) is 22.7. The molecule has 0 aliphatic carbocycles. The number of nitrogen functional groups attached to an aromatic ring is 2. The molecular weight excluding hydrogens is 858 g/mol. The highest BCUT2D eigenvalue weighted by Gasteiger charge is 2.34. The van der Waals surface area contributed by atoms with Crippen LogP contribution in [0.3, 0.4) is 0 Å². The summed E-state index contributed by atoms with van der Waals surface area (Å²) in [4.78, 5) is 35.1. The van der Waals surface area contributed by atoms with Gasteiger partial charge in [-0.1, -0.05) is 11.6 Å². The number of hydrogen-bond acceptors (Lipinski definition) is 20. The van der Waals surface area contributed by atoms with Crippen LogP contribution in [0, 0.1) is 0 Å². The lowest BCUT2D eigenvalue weighted by molar-refractivity contribution is -0.676. The molecule has 2 amide bonds. The van der Waals surface area contributed by atoms with Gasteiger partial charge in [0.15, 0.2) is 33.5 Å². The van der Waals surface area contributed by atoms with E-state index in [1.54, 1.807) is 12.1 Å². The van der Waals surface area contributed by atoms with Crippen molar-refractivity contribution in [2.75, 3.05) is 90.5 Å². The van der Waals surface area contributed by atoms with Crippen LogP contribution in [0.5, 0.6) is 0 Å². The monoisotopic (exact) mass is 920 g/mol. The minimum absolute atomic E-state index is 0.00265. The zero-order chi connectivity index (χ0) is 46.8. The summed E-state index contributed by atoms with van der Waals surface area (Å²) in [6, 6.07) is 5.34. The molecule has 0 aliphatic rings. The molecule has 16 N–H and O–H groups in total. The van der Waals surface area contributed by atoms with Crippen molar-refractivity contribution in [1.82, 2.24) is 30.1 Å². The van der Waals surface area contributed by atoms with Gasteiger partial charge in [0.2, 0.25) is 0 Å². The number of carbonyl (C=O) groups is 2. The lowest BCUT2D eigenvalue weighted by Crippen LogP contribution is -2.53. The molecular formula is C38H63ClN9O15+. The Hall–Kier alpha value is -3.96. The Bertz CT molecular complexity index is 1850. The molecule has 0 radical (unpaired) electrons. The summed E-state index contributed by atoms with van der Waals surface area (Å²) < 4.78 is 20.6. The SMILES string of the molecule is CCn1c(CNC(=O)c2nc(Cl)c(N)nc2N)[n+](CC)c2ccc(C(=O)NCCOCCOCCOCCN(C[C@H](O)[C@@H](O)[C@H](O)[C@H](O)CO)C[C@H](O)[C@@H](O)[C@H](O)[C@H](O)CO)cc21. The van der Waals surface area contributed by atoms with Crippen LogP contribution in [-0.4, -0.2) is 210 Å². The summed E-state index contributed by atoms with van der Waals surface area (Å²) in [6.07, 6.45) is -14.5. The van der Waals surface area contributed by atoms with E-state index < -0.39 is 81.0 Å². The third-order valence-electron chi connectivity index (χ3n) is 9.97. The number of aliphatic hydroxyl groups excluding tert-OH is 10. The topological polar surface area (TPSA) is 378 Å². The fourth-order valence-electron chi connectivity index (χ4n) is 6.48. The van der Waals surface area contributed by atoms with Crippen molar-refractivity contribution in [2.24, 2.45) is 0 Å². The number of rotatable bonds is 30. The first kappa shape index (κ1) is 53.4. The second-order valence-electron chi connectivity index (χ2n) is 14.4. The van der Waals surface area contributed by atoms with Gasteiger partial charge in [0.05, 0.1) is 78.2 Å². The van der Waals surface area contributed by atoms with Gasteiger partial charge in [0.25, 0.3) is 17.6 Å². The average molecular weight is 921 g/mol. The molecule has 25 heteroatoms. The number of anilines is 2. The van der Waals surface area contributed by atoms with Crippen LogP contribution in [0.1, 0.15) is 40.5 Å². The van der Waals surface area contributed by atoms with Crippen molar-refractivity contribution >= 4 is 46.1 Å². The van der Waals surface area contributed by atoms with Crippen LogP contribution in [0.25, 0.3) is 11.0 Å². The number of imidazole rings is 1. The largest absolute Gasteiger partial charge is 0.394 e. The maximum absolute atomic E-state index is 13.1. The second kappa shape index (κ2) is 26.7. The van der Waals surface area contributed by atoms with E-state index in [0.29, 0.717) is 18.7 Å². The Morgan fingerprint density at radius 2 is 1.30 bits per heavy atom. The highest BCUT2D eigenvalue weighted by atomic mass is 35.5. The number of aryl methyl sites for hydroxylation is 2. The molecule has 0 saturated carbocycles. The van der Waals surface area contributed by atoms with E-state index in [-0.39, 0.29) is 87.7 Å². The Morgan fingerprint density at radius 3 is 1.84 bits per heavy atom. The number of carbonyl (C=O) groups excluding carboxylic acids is 2. The lowest BCUT2D eigenvalue weighted by atomic mass is 10.0. The minimum Gasteiger partial charge on any atom is -0.394 e. The number of hydrogen-bond donors (Lipinski definition) is 14. The number of amides is 2. The number of nitrogens with zero attached hydrogens (tertiary/aromatic N) is 5. The predicted molar refractivity (Wildman–Crippen MR) is 224 cm³/mol. The van der Waals surface area contributed by atoms with Gasteiger partial charge in [-0.3, -0.25) is 14.5 Å². The molecule has 0 saturated heterocycles. The van der Waals surface area contributed by atoms with E-state index in [1.165, 1.54) is 4.90 Å². The van der Waals surface area contributed by atoms with E-state index in [4.69, 9.17) is 47.5 Å². The molecule has 24 nitrogen and oxygen atoms in total. The first-order valence-corrected chi connectivity index (χ1v) is 20.7. The fraction of sp³-hybridized carbons (Fsp3) is 0.658. The van der Waals surface area contributed by atoms with Crippen LogP contribution < -0.4 is 26.7 Å². The first-order valence-electron chi connectivity index (χ1n) is 20.3. The van der Waals surface area contributed by atoms with E-state index in [0.717, 1.165) is 16.9 Å². The van der Waals surface area contributed by atoms with Crippen LogP contribution >= 0.6 is 11.6 Å². The molecule has 1 aromatic carbocycles. The van der Waals surface area contributed by atoms with Crippen molar-refractivity contribution in [1.29, 1.82) is 0 Å². The average Bonchev–Trinajstić information content (AvgIpc) is 3.59. The molecule has 0 spiro atoms. The number of benzene rings is 1. The quantitative estimate of drug-likeness (QED) is 0.0219. The standard InChI is InChI=1S/C38H62ClN9O15/c1-3-47-22-6-5-21(15-23(22)48(4-2)28(47)16-43-38(60)29-35(40)45-36(41)34(39)44-29)37(59)42-7-9-61-11-13-63-14-12-62-10-8-46(17-24(51)30(55)32(57)26(53)19-49)18-25(52)31(56)33(58)27(54)20-50/h5-6,15,24-27,30-33,49-58H,3-4,7-14,16-20H2,1-2H3,(H5-,40,41,42,43,45,59,60)/p+1/t24-,25-,26+,27+,30+,31+,32+,33+/m0/s1. The van der Waals surface area contributed by atoms with E-state index in [2.05, 4.69) is 20.6 Å². The Balaban J connectivity index is 1.41. The van der Waals surface area contributed by atoms with Gasteiger partial charge in [0.1, 0.15) is 43.2 Å². The molecule has 0 unspecified atom stereocenters. The molecule has 0 fully saturated rings. The number of aromatic nitrogens is 4. The highest BCUT2D eigenvalue weighted by molar-refractivity contribution is 6.31. The molecule has 8 atom stereocenters. The number of nitrogens with one attached hydrogen (secondary N) is 2. The summed E-state index contributed by atoms with van der Waals surface area (Å²) in [5.41, 5.74) is 13.4. The van der Waals surface area contributed by atoms with Crippen molar-refractivity contribution in [3.05, 3.63) is 40.4 Å². The summed E-state index contributed by atoms with van der Waals surface area (Å²) in [5, 5.41) is 104. The summed E-state index contributed by atoms with van der Waals surface area (Å²) in [6.45, 7) is 3.68. The van der Waals surface area contributed by atoms with Gasteiger partial charge in [0, 0.05) is 37.8 Å². The van der Waals surface area contributed by atoms with Crippen LogP contribution in [0.15, 0.2) is 18.2 Å². The zero-order valence-corrected chi connectivity index (χ0v) is 36.0. The van der Waals surface area contributed by atoms with Crippen LogP contribution in [-0.2, 0) is 33.8 Å². The predicted octanol–water partition coefficient (Wildman–Crippen LogP) is -5.54. The Morgan fingerprint density at radius 1 is 0.762 bits per heavy atom. The summed E-state index contributed by atoms with van der Waals surface area (Å²) >= 11 is 5.95. The fourth-order valence-corrected chi connectivity index (χ4v) is 6.61. The van der Waals surface area contributed by atoms with Crippen molar-refractivity contribution in [3.63, 3.8) is 0 Å². The third-order valence-corrected chi connectivity index (χ3v) is 10.2. The molecule has 3 aromatic rings. The number of ether oxygens (including phenoxy) is 3. The van der Waals surface area contributed by atoms with E-state index >= 15 is 0 Å². The third kappa shape index (κ3) is 15.3. The molecule has 0 bridgehead atoms. The number of halogens is 1. The van der Waals surface area contributed by atoms with Gasteiger partial charge < -0.3 is 87.4 Å². The highest BCUT2D eigenvalue weighted by Crippen LogP contribution is 2.20. The molecule has 63 heavy (non-hydrogen) atoms. The van der Waals surface area contributed by atoms with Crippen molar-refractivity contribution < 1.29 is 79.4 Å². The number of fused-ring (bicyclic) bond motifs is 1. The van der Waals surface area contributed by atoms with Crippen LogP contribution in [0.2, 0.25) is 5.15 Å². The lowest BCUT2D eigenvalue weighted by Gasteiger charge is -2.33. The van der Waals surface area contributed by atoms with Crippen LogP contribution in [0.4, 0.5) is 11.6 Å². The molecule has 2 heterocycles. The number of nitrogens with two attached hydrogens (primary N) is 2. The van der Waals surface area contributed by atoms with E-state index in [1.807, 2.05) is 29.0 Å².